The van der Waals surface area contributed by atoms with Gasteiger partial charge < -0.3 is 15.9 Å². The van der Waals surface area contributed by atoms with Crippen molar-refractivity contribution in [3.8, 4) is 0 Å². The second-order valence-electron chi connectivity index (χ2n) is 4.21. The molecule has 0 saturated heterocycles. The molecular formula is C15H17NO2. The molecule has 2 rings (SSSR count). The third-order valence-corrected chi connectivity index (χ3v) is 3.02. The van der Waals surface area contributed by atoms with Crippen LogP contribution in [-0.4, -0.2) is 16.8 Å². The molecule has 0 saturated carbocycles. The fourth-order valence-electron chi connectivity index (χ4n) is 2.02. The molecule has 0 unspecified atom stereocenters. The Hall–Kier alpha value is -1.84. The van der Waals surface area contributed by atoms with Crippen molar-refractivity contribution in [1.29, 1.82) is 0 Å². The Bertz CT molecular complexity index is 511. The molecule has 0 fully saturated rings. The minimum Gasteiger partial charge on any atom is -0.398 e. The number of nitrogens with two attached hydrogens (primary N) is 1. The van der Waals surface area contributed by atoms with E-state index in [0.29, 0.717) is 17.7 Å². The van der Waals surface area contributed by atoms with Gasteiger partial charge in [-0.15, -0.1) is 0 Å². The molecule has 0 aliphatic rings. The van der Waals surface area contributed by atoms with Gasteiger partial charge in [-0.1, -0.05) is 48.5 Å². The van der Waals surface area contributed by atoms with Crippen LogP contribution in [0.15, 0.2) is 48.5 Å². The van der Waals surface area contributed by atoms with Crippen LogP contribution in [0.2, 0.25) is 0 Å². The maximum Gasteiger partial charge on any atom is 0.106 e. The summed E-state index contributed by atoms with van der Waals surface area (Å²) in [6, 6.07) is 14.9. The summed E-state index contributed by atoms with van der Waals surface area (Å²) in [6.45, 7) is 0.0507. The Morgan fingerprint density at radius 1 is 1.00 bits per heavy atom. The fourth-order valence-corrected chi connectivity index (χ4v) is 2.02. The maximum absolute atomic E-state index is 10.3. The summed E-state index contributed by atoms with van der Waals surface area (Å²) in [7, 11) is 0. The molecule has 0 amide bonds. The van der Waals surface area contributed by atoms with E-state index < -0.39 is 6.10 Å². The van der Waals surface area contributed by atoms with Crippen LogP contribution in [0.1, 0.15) is 22.8 Å². The van der Waals surface area contributed by atoms with E-state index in [9.17, 15) is 5.11 Å². The number of nitrogen functional groups attached to an aromatic ring is 1. The summed E-state index contributed by atoms with van der Waals surface area (Å²) in [5, 5.41) is 19.3. The summed E-state index contributed by atoms with van der Waals surface area (Å²) in [5.74, 6) is 0. The molecule has 2 aromatic carbocycles. The molecule has 0 radical (unpaired) electrons. The van der Waals surface area contributed by atoms with Crippen molar-refractivity contribution in [3.05, 3.63) is 65.2 Å². The smallest absolute Gasteiger partial charge is 0.106 e. The van der Waals surface area contributed by atoms with Gasteiger partial charge in [-0.05, 0) is 17.5 Å². The summed E-state index contributed by atoms with van der Waals surface area (Å²) < 4.78 is 0. The van der Waals surface area contributed by atoms with Crippen molar-refractivity contribution in [3.63, 3.8) is 0 Å². The molecule has 0 aliphatic carbocycles. The normalized spacial score (nSPS) is 12.3. The quantitative estimate of drug-likeness (QED) is 0.718. The van der Waals surface area contributed by atoms with Gasteiger partial charge in [0.1, 0.15) is 6.10 Å². The van der Waals surface area contributed by atoms with Crippen molar-refractivity contribution in [1.82, 2.24) is 0 Å². The van der Waals surface area contributed by atoms with Crippen LogP contribution in [0.5, 0.6) is 0 Å². The van der Waals surface area contributed by atoms with E-state index in [1.165, 1.54) is 0 Å². The highest BCUT2D eigenvalue weighted by Crippen LogP contribution is 2.28. The number of hydrogen-bond donors (Lipinski definition) is 3. The lowest BCUT2D eigenvalue weighted by molar-refractivity contribution is 0.221. The van der Waals surface area contributed by atoms with Gasteiger partial charge in [0, 0.05) is 17.9 Å². The van der Waals surface area contributed by atoms with Crippen LogP contribution in [0.4, 0.5) is 5.69 Å². The predicted octanol–water partition coefficient (Wildman–Crippen LogP) is 1.89. The topological polar surface area (TPSA) is 66.5 Å². The van der Waals surface area contributed by atoms with E-state index in [-0.39, 0.29) is 6.61 Å². The highest BCUT2D eigenvalue weighted by atomic mass is 16.3. The lowest BCUT2D eigenvalue weighted by atomic mass is 9.96. The Kier molecular flexibility index (Phi) is 3.97. The van der Waals surface area contributed by atoms with Crippen LogP contribution in [-0.2, 0) is 6.42 Å². The number of aliphatic hydroxyl groups excluding tert-OH is 2. The molecule has 18 heavy (non-hydrogen) atoms. The van der Waals surface area contributed by atoms with Gasteiger partial charge in [0.2, 0.25) is 0 Å². The molecule has 2 aromatic rings. The zero-order valence-electron chi connectivity index (χ0n) is 10.1. The van der Waals surface area contributed by atoms with Crippen molar-refractivity contribution in [2.24, 2.45) is 0 Å². The summed E-state index contributed by atoms with van der Waals surface area (Å²) in [4.78, 5) is 0. The zero-order valence-corrected chi connectivity index (χ0v) is 10.1. The molecule has 0 spiro atoms. The Morgan fingerprint density at radius 2 is 1.72 bits per heavy atom. The highest BCUT2D eigenvalue weighted by Gasteiger charge is 2.14. The molecule has 0 aliphatic heterocycles. The van der Waals surface area contributed by atoms with Crippen molar-refractivity contribution in [2.75, 3.05) is 12.3 Å². The summed E-state index contributed by atoms with van der Waals surface area (Å²) >= 11 is 0. The Labute approximate surface area is 107 Å². The first-order valence-electron chi connectivity index (χ1n) is 5.95. The Morgan fingerprint density at radius 3 is 2.39 bits per heavy atom. The highest BCUT2D eigenvalue weighted by molar-refractivity contribution is 5.56. The van der Waals surface area contributed by atoms with Crippen molar-refractivity contribution in [2.45, 2.75) is 12.5 Å². The van der Waals surface area contributed by atoms with E-state index >= 15 is 0 Å². The number of aliphatic hydroxyl groups is 2. The van der Waals surface area contributed by atoms with Gasteiger partial charge in [-0.3, -0.25) is 0 Å². The number of hydrogen-bond acceptors (Lipinski definition) is 3. The molecule has 1 atom stereocenters. The summed E-state index contributed by atoms with van der Waals surface area (Å²) in [6.07, 6.45) is -0.230. The largest absolute Gasteiger partial charge is 0.398 e. The van der Waals surface area contributed by atoms with Crippen molar-refractivity contribution >= 4 is 5.69 Å². The van der Waals surface area contributed by atoms with E-state index in [0.717, 1.165) is 11.1 Å². The third-order valence-electron chi connectivity index (χ3n) is 3.02. The fraction of sp³-hybridized carbons (Fsp3) is 0.200. The maximum atomic E-state index is 10.3. The number of para-hydroxylation sites is 1. The summed E-state index contributed by atoms with van der Waals surface area (Å²) in [5.41, 5.74) is 8.96. The standard InChI is InChI=1S/C15H17NO2/c16-14-11(9-10-17)7-4-8-13(14)15(18)12-5-2-1-3-6-12/h1-8,15,17-18H,9-10,16H2/t15-/m1/s1. The number of benzene rings is 2. The van der Waals surface area contributed by atoms with Crippen LogP contribution < -0.4 is 5.73 Å². The lowest BCUT2D eigenvalue weighted by Gasteiger charge is -2.16. The molecule has 3 nitrogen and oxygen atoms in total. The van der Waals surface area contributed by atoms with Crippen LogP contribution in [0, 0.1) is 0 Å². The molecular weight excluding hydrogens is 226 g/mol. The van der Waals surface area contributed by atoms with Crippen LogP contribution in [0.25, 0.3) is 0 Å². The zero-order chi connectivity index (χ0) is 13.0. The van der Waals surface area contributed by atoms with E-state index in [2.05, 4.69) is 0 Å². The first kappa shape index (κ1) is 12.6. The van der Waals surface area contributed by atoms with E-state index in [1.54, 1.807) is 0 Å². The minimum atomic E-state index is -0.732. The third kappa shape index (κ3) is 2.53. The monoisotopic (exact) mass is 243 g/mol. The first-order chi connectivity index (χ1) is 8.74. The predicted molar refractivity (Wildman–Crippen MR) is 72.1 cm³/mol. The second-order valence-corrected chi connectivity index (χ2v) is 4.21. The molecule has 0 aromatic heterocycles. The first-order valence-corrected chi connectivity index (χ1v) is 5.95. The molecule has 3 heteroatoms. The minimum absolute atomic E-state index is 0.0507. The van der Waals surface area contributed by atoms with Crippen LogP contribution >= 0.6 is 0 Å². The molecule has 0 bridgehead atoms. The van der Waals surface area contributed by atoms with Gasteiger partial charge in [-0.2, -0.15) is 0 Å². The van der Waals surface area contributed by atoms with Gasteiger partial charge >= 0.3 is 0 Å². The SMILES string of the molecule is Nc1c(CCO)cccc1[C@H](O)c1ccccc1. The van der Waals surface area contributed by atoms with Gasteiger partial charge in [-0.25, -0.2) is 0 Å². The molecule has 94 valence electrons. The van der Waals surface area contributed by atoms with Crippen molar-refractivity contribution < 1.29 is 10.2 Å². The lowest BCUT2D eigenvalue weighted by Crippen LogP contribution is -2.07. The average Bonchev–Trinajstić information content (AvgIpc) is 2.42. The second kappa shape index (κ2) is 5.67. The molecule has 0 heterocycles. The van der Waals surface area contributed by atoms with E-state index in [4.69, 9.17) is 10.8 Å². The number of rotatable bonds is 4. The van der Waals surface area contributed by atoms with E-state index in [1.807, 2.05) is 48.5 Å². The van der Waals surface area contributed by atoms with Gasteiger partial charge in [0.15, 0.2) is 0 Å². The average molecular weight is 243 g/mol. The molecule has 4 N–H and O–H groups in total. The van der Waals surface area contributed by atoms with Crippen LogP contribution in [0.3, 0.4) is 0 Å². The van der Waals surface area contributed by atoms with Gasteiger partial charge in [0.05, 0.1) is 0 Å². The Balaban J connectivity index is 2.36. The number of anilines is 1. The van der Waals surface area contributed by atoms with Gasteiger partial charge in [0.25, 0.3) is 0 Å².